The van der Waals surface area contributed by atoms with Crippen LogP contribution in [0.5, 0.6) is 0 Å². The van der Waals surface area contributed by atoms with Gasteiger partial charge in [0, 0.05) is 5.02 Å². The Balaban J connectivity index is 2.23. The van der Waals surface area contributed by atoms with Gasteiger partial charge in [0.05, 0.1) is 6.54 Å². The predicted molar refractivity (Wildman–Crippen MR) is 58.1 cm³/mol. The lowest BCUT2D eigenvalue weighted by molar-refractivity contribution is -0.126. The van der Waals surface area contributed by atoms with Gasteiger partial charge in [-0.1, -0.05) is 29.3 Å². The molecule has 0 radical (unpaired) electrons. The van der Waals surface area contributed by atoms with Crippen LogP contribution in [0.3, 0.4) is 0 Å². The molecule has 0 atom stereocenters. The van der Waals surface area contributed by atoms with Crippen molar-refractivity contribution in [1.82, 2.24) is 4.90 Å². The van der Waals surface area contributed by atoms with Crippen molar-refractivity contribution >= 4 is 23.6 Å². The van der Waals surface area contributed by atoms with E-state index in [1.165, 1.54) is 0 Å². The van der Waals surface area contributed by atoms with Crippen LogP contribution in [0.15, 0.2) is 18.2 Å². The number of ether oxygens (including phenoxy) is 1. The van der Waals surface area contributed by atoms with E-state index in [1.54, 1.807) is 6.07 Å². The zero-order valence-corrected chi connectivity index (χ0v) is 9.45. The molecule has 1 saturated heterocycles. The average Bonchev–Trinajstić information content (AvgIpc) is 2.55. The molecule has 5 heteroatoms. The van der Waals surface area contributed by atoms with Crippen molar-refractivity contribution in [2.75, 3.05) is 6.61 Å². The van der Waals surface area contributed by atoms with Crippen LogP contribution in [0.4, 0.5) is 4.79 Å². The summed E-state index contributed by atoms with van der Waals surface area (Å²) >= 11 is 5.98. The number of nitrogens with zero attached hydrogens (tertiary/aromatic N) is 1. The number of hydrogen-bond donors (Lipinski definition) is 0. The fraction of sp³-hybridized carbons (Fsp3) is 0.273. The van der Waals surface area contributed by atoms with Gasteiger partial charge in [0.1, 0.15) is 0 Å². The minimum absolute atomic E-state index is 0.165. The number of carbonyl (C=O) groups excluding carboxylic acids is 2. The molecule has 84 valence electrons. The van der Waals surface area contributed by atoms with Crippen LogP contribution in [-0.2, 0) is 16.1 Å². The van der Waals surface area contributed by atoms with Crippen LogP contribution in [0, 0.1) is 6.92 Å². The van der Waals surface area contributed by atoms with Gasteiger partial charge in [0.15, 0.2) is 6.61 Å². The van der Waals surface area contributed by atoms with Crippen LogP contribution in [0.2, 0.25) is 5.02 Å². The summed E-state index contributed by atoms with van der Waals surface area (Å²) in [5.74, 6) is -0.331. The molecule has 1 fully saturated rings. The van der Waals surface area contributed by atoms with Crippen LogP contribution >= 0.6 is 11.6 Å². The van der Waals surface area contributed by atoms with E-state index >= 15 is 0 Å². The predicted octanol–water partition coefficient (Wildman–Crippen LogP) is 2.13. The maximum atomic E-state index is 11.3. The van der Waals surface area contributed by atoms with Crippen molar-refractivity contribution in [3.05, 3.63) is 34.3 Å². The second-order valence-electron chi connectivity index (χ2n) is 3.63. The molecule has 1 heterocycles. The Kier molecular flexibility index (Phi) is 2.83. The number of halogens is 1. The molecule has 4 nitrogen and oxygen atoms in total. The summed E-state index contributed by atoms with van der Waals surface area (Å²) in [7, 11) is 0. The molecule has 1 aromatic rings. The molecule has 0 bridgehead atoms. The fourth-order valence-corrected chi connectivity index (χ4v) is 1.71. The van der Waals surface area contributed by atoms with Gasteiger partial charge in [-0.15, -0.1) is 0 Å². The third kappa shape index (κ3) is 2.02. The summed E-state index contributed by atoms with van der Waals surface area (Å²) < 4.78 is 4.61. The molecule has 1 aromatic carbocycles. The number of rotatable bonds is 2. The third-order valence-corrected chi connectivity index (χ3v) is 2.74. The van der Waals surface area contributed by atoms with Gasteiger partial charge < -0.3 is 4.74 Å². The minimum atomic E-state index is -0.609. The lowest BCUT2D eigenvalue weighted by Gasteiger charge is -2.12. The first-order valence-corrected chi connectivity index (χ1v) is 5.18. The van der Waals surface area contributed by atoms with Crippen LogP contribution < -0.4 is 0 Å². The summed E-state index contributed by atoms with van der Waals surface area (Å²) in [6.45, 7) is 1.91. The molecule has 0 N–H and O–H groups in total. The SMILES string of the molecule is Cc1ccc(Cl)c(CN2C(=O)COC2=O)c1. The van der Waals surface area contributed by atoms with E-state index in [0.717, 1.165) is 16.0 Å². The molecule has 0 unspecified atom stereocenters. The number of cyclic esters (lactones) is 1. The van der Waals surface area contributed by atoms with Crippen molar-refractivity contribution in [3.63, 3.8) is 0 Å². The molecular formula is C11H10ClNO3. The lowest BCUT2D eigenvalue weighted by Crippen LogP contribution is -2.28. The highest BCUT2D eigenvalue weighted by molar-refractivity contribution is 6.31. The summed E-state index contributed by atoms with van der Waals surface area (Å²) in [6.07, 6.45) is -0.609. The number of carbonyl (C=O) groups is 2. The summed E-state index contributed by atoms with van der Waals surface area (Å²) in [5.41, 5.74) is 1.77. The number of hydrogen-bond acceptors (Lipinski definition) is 3. The highest BCUT2D eigenvalue weighted by atomic mass is 35.5. The minimum Gasteiger partial charge on any atom is -0.439 e. The quantitative estimate of drug-likeness (QED) is 0.794. The van der Waals surface area contributed by atoms with E-state index in [-0.39, 0.29) is 19.1 Å². The van der Waals surface area contributed by atoms with E-state index in [4.69, 9.17) is 11.6 Å². The Hall–Kier alpha value is -1.55. The Morgan fingerprint density at radius 3 is 2.81 bits per heavy atom. The van der Waals surface area contributed by atoms with Gasteiger partial charge in [-0.25, -0.2) is 9.69 Å². The summed E-state index contributed by atoms with van der Waals surface area (Å²) in [4.78, 5) is 23.6. The summed E-state index contributed by atoms with van der Waals surface area (Å²) in [6, 6.07) is 5.47. The standard InChI is InChI=1S/C11H10ClNO3/c1-7-2-3-9(12)8(4-7)5-13-10(14)6-16-11(13)15/h2-4H,5-6H2,1H3. The van der Waals surface area contributed by atoms with Gasteiger partial charge in [0.2, 0.25) is 0 Å². The lowest BCUT2D eigenvalue weighted by atomic mass is 10.1. The largest absolute Gasteiger partial charge is 0.439 e. The Bertz CT molecular complexity index is 443. The fourth-order valence-electron chi connectivity index (χ4n) is 1.53. The monoisotopic (exact) mass is 239 g/mol. The van der Waals surface area contributed by atoms with Crippen molar-refractivity contribution < 1.29 is 14.3 Å². The first kappa shape index (κ1) is 11.0. The highest BCUT2D eigenvalue weighted by Crippen LogP contribution is 2.20. The number of imide groups is 1. The summed E-state index contributed by atoms with van der Waals surface area (Å²) in [5, 5.41) is 0.540. The maximum Gasteiger partial charge on any atom is 0.417 e. The van der Waals surface area contributed by atoms with Crippen LogP contribution in [0.1, 0.15) is 11.1 Å². The van der Waals surface area contributed by atoms with Gasteiger partial charge in [-0.3, -0.25) is 4.79 Å². The van der Waals surface area contributed by atoms with Gasteiger partial charge in [0.25, 0.3) is 5.91 Å². The highest BCUT2D eigenvalue weighted by Gasteiger charge is 2.31. The van der Waals surface area contributed by atoms with Gasteiger partial charge in [-0.05, 0) is 18.6 Å². The van der Waals surface area contributed by atoms with Crippen molar-refractivity contribution in [1.29, 1.82) is 0 Å². The van der Waals surface area contributed by atoms with Crippen molar-refractivity contribution in [2.45, 2.75) is 13.5 Å². The van der Waals surface area contributed by atoms with E-state index < -0.39 is 6.09 Å². The first-order valence-electron chi connectivity index (χ1n) is 4.80. The molecule has 1 aliphatic rings. The average molecular weight is 240 g/mol. The van der Waals surface area contributed by atoms with E-state index in [2.05, 4.69) is 4.74 Å². The van der Waals surface area contributed by atoms with Crippen LogP contribution in [0.25, 0.3) is 0 Å². The molecule has 0 saturated carbocycles. The number of amides is 2. The molecule has 0 aromatic heterocycles. The first-order chi connectivity index (χ1) is 7.58. The van der Waals surface area contributed by atoms with Crippen molar-refractivity contribution in [3.8, 4) is 0 Å². The molecular weight excluding hydrogens is 230 g/mol. The molecule has 0 spiro atoms. The Morgan fingerprint density at radius 1 is 1.44 bits per heavy atom. The molecule has 1 aliphatic heterocycles. The number of benzene rings is 1. The zero-order chi connectivity index (χ0) is 11.7. The Morgan fingerprint density at radius 2 is 2.19 bits per heavy atom. The molecule has 2 rings (SSSR count). The molecule has 16 heavy (non-hydrogen) atoms. The van der Waals surface area contributed by atoms with Crippen molar-refractivity contribution in [2.24, 2.45) is 0 Å². The van der Waals surface area contributed by atoms with Gasteiger partial charge >= 0.3 is 6.09 Å². The maximum absolute atomic E-state index is 11.3. The van der Waals surface area contributed by atoms with E-state index in [9.17, 15) is 9.59 Å². The zero-order valence-electron chi connectivity index (χ0n) is 8.70. The smallest absolute Gasteiger partial charge is 0.417 e. The topological polar surface area (TPSA) is 46.6 Å². The molecule has 0 aliphatic carbocycles. The van der Waals surface area contributed by atoms with E-state index in [1.807, 2.05) is 19.1 Å². The second kappa shape index (κ2) is 4.14. The normalized spacial score (nSPS) is 15.5. The van der Waals surface area contributed by atoms with Gasteiger partial charge in [-0.2, -0.15) is 0 Å². The van der Waals surface area contributed by atoms with Crippen LogP contribution in [-0.4, -0.2) is 23.5 Å². The third-order valence-electron chi connectivity index (χ3n) is 2.37. The second-order valence-corrected chi connectivity index (χ2v) is 4.04. The van der Waals surface area contributed by atoms with E-state index in [0.29, 0.717) is 5.02 Å². The molecule has 2 amide bonds. The number of aryl methyl sites for hydroxylation is 1. The Labute approximate surface area is 97.7 Å².